The smallest absolute Gasteiger partial charge is 0.259 e. The van der Waals surface area contributed by atoms with Crippen molar-refractivity contribution >= 4 is 17.4 Å². The van der Waals surface area contributed by atoms with Gasteiger partial charge in [-0.1, -0.05) is 0 Å². The molecule has 1 N–H and O–H groups in total. The first-order valence-corrected chi connectivity index (χ1v) is 6.41. The van der Waals surface area contributed by atoms with E-state index in [9.17, 15) is 4.79 Å². The molecule has 0 saturated carbocycles. The van der Waals surface area contributed by atoms with Gasteiger partial charge in [-0.05, 0) is 32.9 Å². The minimum Gasteiger partial charge on any atom is -0.466 e. The number of hydrogen-bond acceptors (Lipinski definition) is 4. The zero-order valence-corrected chi connectivity index (χ0v) is 12.4. The Balaban J connectivity index is 2.19. The maximum Gasteiger partial charge on any atom is 0.259 e. The van der Waals surface area contributed by atoms with Gasteiger partial charge in [0.15, 0.2) is 0 Å². The van der Waals surface area contributed by atoms with E-state index < -0.39 is 0 Å². The Morgan fingerprint density at radius 3 is 2.35 bits per heavy atom. The van der Waals surface area contributed by atoms with Crippen molar-refractivity contribution < 1.29 is 9.21 Å². The highest BCUT2D eigenvalue weighted by atomic mass is 16.3. The summed E-state index contributed by atoms with van der Waals surface area (Å²) in [6, 6.07) is 3.69. The molecule has 1 amide bonds. The van der Waals surface area contributed by atoms with E-state index in [0.29, 0.717) is 17.0 Å². The fourth-order valence-corrected chi connectivity index (χ4v) is 2.05. The third kappa shape index (κ3) is 2.66. The molecule has 0 saturated heterocycles. The zero-order chi connectivity index (χ0) is 14.9. The van der Waals surface area contributed by atoms with Crippen LogP contribution in [0.3, 0.4) is 0 Å². The summed E-state index contributed by atoms with van der Waals surface area (Å²) in [5.41, 5.74) is 2.13. The van der Waals surface area contributed by atoms with Crippen LogP contribution in [0, 0.1) is 20.8 Å². The summed E-state index contributed by atoms with van der Waals surface area (Å²) in [5, 5.41) is 2.84. The number of pyridine rings is 1. The fraction of sp³-hybridized carbons (Fsp3) is 0.333. The Morgan fingerprint density at radius 1 is 1.20 bits per heavy atom. The summed E-state index contributed by atoms with van der Waals surface area (Å²) in [6.45, 7) is 5.53. The van der Waals surface area contributed by atoms with Crippen molar-refractivity contribution in [1.29, 1.82) is 0 Å². The first-order chi connectivity index (χ1) is 9.40. The molecule has 0 aromatic carbocycles. The van der Waals surface area contributed by atoms with Crippen molar-refractivity contribution in [3.63, 3.8) is 0 Å². The second-order valence-corrected chi connectivity index (χ2v) is 4.97. The van der Waals surface area contributed by atoms with Crippen molar-refractivity contribution in [2.75, 3.05) is 24.3 Å². The highest BCUT2D eigenvalue weighted by Gasteiger charge is 2.18. The van der Waals surface area contributed by atoms with Crippen molar-refractivity contribution in [2.24, 2.45) is 0 Å². The van der Waals surface area contributed by atoms with Crippen molar-refractivity contribution in [2.45, 2.75) is 20.8 Å². The summed E-state index contributed by atoms with van der Waals surface area (Å²) < 4.78 is 5.47. The summed E-state index contributed by atoms with van der Waals surface area (Å²) in [7, 11) is 3.84. The van der Waals surface area contributed by atoms with E-state index in [0.717, 1.165) is 17.1 Å². The lowest BCUT2D eigenvalue weighted by Crippen LogP contribution is -2.14. The standard InChI is InChI=1S/C15H19N3O2/c1-9-10(2)20-11(3)14(9)15(19)17-12-6-7-13(16-8-12)18(4)5/h6-8H,1-5H3,(H,17,19). The van der Waals surface area contributed by atoms with Crippen molar-refractivity contribution in [1.82, 2.24) is 4.98 Å². The van der Waals surface area contributed by atoms with E-state index in [1.54, 1.807) is 13.1 Å². The summed E-state index contributed by atoms with van der Waals surface area (Å²) >= 11 is 0. The molecular weight excluding hydrogens is 254 g/mol. The van der Waals surface area contributed by atoms with Crippen molar-refractivity contribution in [3.05, 3.63) is 41.0 Å². The number of furan rings is 1. The number of nitrogens with one attached hydrogen (secondary N) is 1. The van der Waals surface area contributed by atoms with Gasteiger partial charge in [0.1, 0.15) is 17.3 Å². The fourth-order valence-electron chi connectivity index (χ4n) is 2.05. The van der Waals surface area contributed by atoms with Crippen LogP contribution in [0.15, 0.2) is 22.7 Å². The molecule has 0 fully saturated rings. The monoisotopic (exact) mass is 273 g/mol. The quantitative estimate of drug-likeness (QED) is 0.934. The SMILES string of the molecule is Cc1oc(C)c(C(=O)Nc2ccc(N(C)C)nc2)c1C. The molecule has 0 bridgehead atoms. The van der Waals surface area contributed by atoms with Gasteiger partial charge in [-0.2, -0.15) is 0 Å². The molecule has 20 heavy (non-hydrogen) atoms. The van der Waals surface area contributed by atoms with E-state index in [-0.39, 0.29) is 5.91 Å². The van der Waals surface area contributed by atoms with E-state index in [2.05, 4.69) is 10.3 Å². The van der Waals surface area contributed by atoms with Crippen LogP contribution in [0.4, 0.5) is 11.5 Å². The van der Waals surface area contributed by atoms with Gasteiger partial charge in [-0.25, -0.2) is 4.98 Å². The number of anilines is 2. The minimum absolute atomic E-state index is 0.170. The highest BCUT2D eigenvalue weighted by Crippen LogP contribution is 2.22. The van der Waals surface area contributed by atoms with Gasteiger partial charge in [0.2, 0.25) is 0 Å². The number of carbonyl (C=O) groups excluding carboxylic acids is 1. The number of rotatable bonds is 3. The molecule has 106 valence electrons. The molecular formula is C15H19N3O2. The van der Waals surface area contributed by atoms with Gasteiger partial charge >= 0.3 is 0 Å². The third-order valence-electron chi connectivity index (χ3n) is 3.25. The van der Waals surface area contributed by atoms with Crippen LogP contribution in [0.5, 0.6) is 0 Å². The maximum absolute atomic E-state index is 12.3. The van der Waals surface area contributed by atoms with Crippen LogP contribution in [0.2, 0.25) is 0 Å². The lowest BCUT2D eigenvalue weighted by atomic mass is 10.1. The van der Waals surface area contributed by atoms with E-state index >= 15 is 0 Å². The van der Waals surface area contributed by atoms with Crippen LogP contribution in [-0.2, 0) is 0 Å². The van der Waals surface area contributed by atoms with Crippen molar-refractivity contribution in [3.8, 4) is 0 Å². The predicted molar refractivity (Wildman–Crippen MR) is 79.4 cm³/mol. The molecule has 5 heteroatoms. The number of hydrogen-bond donors (Lipinski definition) is 1. The Kier molecular flexibility index (Phi) is 3.79. The molecule has 0 aliphatic heterocycles. The Hall–Kier alpha value is -2.30. The molecule has 0 spiro atoms. The van der Waals surface area contributed by atoms with Gasteiger partial charge in [0, 0.05) is 19.7 Å². The summed E-state index contributed by atoms with van der Waals surface area (Å²) in [5.74, 6) is 2.08. The molecule has 0 aliphatic carbocycles. The number of aryl methyl sites for hydroxylation is 2. The van der Waals surface area contributed by atoms with Gasteiger partial charge in [0.05, 0.1) is 17.4 Å². The Bertz CT molecular complexity index is 627. The van der Waals surface area contributed by atoms with Crippen LogP contribution in [-0.4, -0.2) is 25.0 Å². The second kappa shape index (κ2) is 5.36. The number of amides is 1. The summed E-state index contributed by atoms with van der Waals surface area (Å²) in [6.07, 6.45) is 1.64. The third-order valence-corrected chi connectivity index (χ3v) is 3.25. The van der Waals surface area contributed by atoms with E-state index in [4.69, 9.17) is 4.42 Å². The topological polar surface area (TPSA) is 58.4 Å². The predicted octanol–water partition coefficient (Wildman–Crippen LogP) is 2.92. The maximum atomic E-state index is 12.3. The molecule has 0 atom stereocenters. The van der Waals surface area contributed by atoms with Gasteiger partial charge in [0.25, 0.3) is 5.91 Å². The highest BCUT2D eigenvalue weighted by molar-refractivity contribution is 6.06. The average Bonchev–Trinajstić information content (AvgIpc) is 2.63. The van der Waals surface area contributed by atoms with E-state index in [1.807, 2.05) is 45.0 Å². The van der Waals surface area contributed by atoms with Crippen LogP contribution < -0.4 is 10.2 Å². The number of aromatic nitrogens is 1. The summed E-state index contributed by atoms with van der Waals surface area (Å²) in [4.78, 5) is 18.4. The minimum atomic E-state index is -0.170. The molecule has 2 heterocycles. The van der Waals surface area contributed by atoms with Gasteiger partial charge in [-0.15, -0.1) is 0 Å². The lowest BCUT2D eigenvalue weighted by Gasteiger charge is -2.11. The second-order valence-electron chi connectivity index (χ2n) is 4.97. The first kappa shape index (κ1) is 14.1. The first-order valence-electron chi connectivity index (χ1n) is 6.41. The molecule has 0 unspecified atom stereocenters. The largest absolute Gasteiger partial charge is 0.466 e. The Labute approximate surface area is 118 Å². The number of nitrogens with zero attached hydrogens (tertiary/aromatic N) is 2. The number of carbonyl (C=O) groups is 1. The molecule has 0 aliphatic rings. The van der Waals surface area contributed by atoms with Gasteiger partial charge < -0.3 is 14.6 Å². The van der Waals surface area contributed by atoms with Gasteiger partial charge in [-0.3, -0.25) is 4.79 Å². The normalized spacial score (nSPS) is 10.4. The average molecular weight is 273 g/mol. The van der Waals surface area contributed by atoms with E-state index in [1.165, 1.54) is 0 Å². The molecule has 0 radical (unpaired) electrons. The molecule has 5 nitrogen and oxygen atoms in total. The molecule has 2 rings (SSSR count). The Morgan fingerprint density at radius 2 is 1.90 bits per heavy atom. The molecule has 2 aromatic heterocycles. The van der Waals surface area contributed by atoms with Crippen LogP contribution in [0.25, 0.3) is 0 Å². The lowest BCUT2D eigenvalue weighted by molar-refractivity contribution is 0.102. The molecule has 2 aromatic rings. The van der Waals surface area contributed by atoms with Crippen LogP contribution >= 0.6 is 0 Å². The zero-order valence-electron chi connectivity index (χ0n) is 12.4. The van der Waals surface area contributed by atoms with Crippen LogP contribution in [0.1, 0.15) is 27.4 Å².